The average Bonchev–Trinajstić information content (AvgIpc) is 3.61. The molecule has 0 N–H and O–H groups in total. The van der Waals surface area contributed by atoms with Crippen molar-refractivity contribution in [2.45, 2.75) is 0 Å². The normalized spacial score (nSPS) is 11.3. The first-order valence-electron chi connectivity index (χ1n) is 18.5. The molecule has 4 nitrogen and oxygen atoms in total. The number of benzene rings is 8. The van der Waals surface area contributed by atoms with Gasteiger partial charge in [-0.2, -0.15) is 9.97 Å². The maximum Gasteiger partial charge on any atom is 0.238 e. The molecule has 258 valence electrons. The summed E-state index contributed by atoms with van der Waals surface area (Å²) >= 11 is 0. The second-order valence-corrected chi connectivity index (χ2v) is 13.6. The van der Waals surface area contributed by atoms with Crippen LogP contribution in [0, 0.1) is 0 Å². The molecule has 0 amide bonds. The fourth-order valence-electron chi connectivity index (χ4n) is 7.66. The van der Waals surface area contributed by atoms with E-state index in [1.807, 2.05) is 24.3 Å². The quantitative estimate of drug-likeness (QED) is 0.166. The predicted molar refractivity (Wildman–Crippen MR) is 227 cm³/mol. The number of para-hydroxylation sites is 1. The molecule has 4 heteroatoms. The van der Waals surface area contributed by atoms with Gasteiger partial charge in [-0.25, -0.2) is 4.98 Å². The van der Waals surface area contributed by atoms with Crippen molar-refractivity contribution in [2.24, 2.45) is 0 Å². The number of hydrogen-bond acceptors (Lipinski definition) is 3. The van der Waals surface area contributed by atoms with Crippen LogP contribution in [0.3, 0.4) is 0 Å². The first kappa shape index (κ1) is 32.2. The summed E-state index contributed by atoms with van der Waals surface area (Å²) in [5.74, 6) is 1.80. The Kier molecular flexibility index (Phi) is 8.12. The molecule has 0 saturated heterocycles. The minimum atomic E-state index is 0.565. The number of hydrogen-bond donors (Lipinski definition) is 0. The van der Waals surface area contributed by atoms with E-state index in [4.69, 9.17) is 15.0 Å². The van der Waals surface area contributed by atoms with E-state index >= 15 is 0 Å². The summed E-state index contributed by atoms with van der Waals surface area (Å²) in [4.78, 5) is 15.6. The van der Waals surface area contributed by atoms with Gasteiger partial charge >= 0.3 is 0 Å². The van der Waals surface area contributed by atoms with Gasteiger partial charge in [0.15, 0.2) is 11.6 Å². The third-order valence-corrected chi connectivity index (χ3v) is 10.3. The van der Waals surface area contributed by atoms with Crippen LogP contribution >= 0.6 is 0 Å². The molecule has 55 heavy (non-hydrogen) atoms. The fraction of sp³-hybridized carbons (Fsp3) is 0. The molecular formula is C51H34N4. The average molecular weight is 703 g/mol. The van der Waals surface area contributed by atoms with Crippen molar-refractivity contribution in [2.75, 3.05) is 0 Å². The van der Waals surface area contributed by atoms with Gasteiger partial charge in [0.1, 0.15) is 0 Å². The molecular weight excluding hydrogens is 669 g/mol. The fourth-order valence-corrected chi connectivity index (χ4v) is 7.66. The summed E-state index contributed by atoms with van der Waals surface area (Å²) in [5, 5.41) is 2.28. The second kappa shape index (κ2) is 13.8. The standard InChI is InChI=1S/C51H34N4/c1-5-17-35(18-6-1)37-29-31-40(32-30-37)50-52-49(39-23-11-4-12-24-39)53-51(54-50)55-46-28-16-15-27-44(46)48-45(33-41(34-47(48)55)36-19-7-2-8-20-36)43-26-14-13-25-42(43)38-21-9-3-10-22-38/h1-34H. The van der Waals surface area contributed by atoms with E-state index in [0.29, 0.717) is 17.6 Å². The van der Waals surface area contributed by atoms with Crippen LogP contribution in [0.1, 0.15) is 0 Å². The van der Waals surface area contributed by atoms with E-state index in [0.717, 1.165) is 55.2 Å². The highest BCUT2D eigenvalue weighted by Gasteiger charge is 2.22. The van der Waals surface area contributed by atoms with E-state index in [9.17, 15) is 0 Å². The first-order valence-corrected chi connectivity index (χ1v) is 18.5. The Hall–Kier alpha value is -7.43. The van der Waals surface area contributed by atoms with Crippen molar-refractivity contribution in [3.63, 3.8) is 0 Å². The highest BCUT2D eigenvalue weighted by Crippen LogP contribution is 2.44. The van der Waals surface area contributed by atoms with Gasteiger partial charge in [-0.3, -0.25) is 4.57 Å². The molecule has 0 saturated carbocycles. The molecule has 0 spiro atoms. The topological polar surface area (TPSA) is 43.6 Å². The molecule has 2 aromatic heterocycles. The maximum atomic E-state index is 5.29. The summed E-state index contributed by atoms with van der Waals surface area (Å²) in [5.41, 5.74) is 13.1. The van der Waals surface area contributed by atoms with Crippen molar-refractivity contribution in [3.05, 3.63) is 206 Å². The van der Waals surface area contributed by atoms with E-state index in [2.05, 4.69) is 187 Å². The van der Waals surface area contributed by atoms with Gasteiger partial charge in [0.25, 0.3) is 0 Å². The van der Waals surface area contributed by atoms with Gasteiger partial charge in [0.2, 0.25) is 5.95 Å². The second-order valence-electron chi connectivity index (χ2n) is 13.6. The van der Waals surface area contributed by atoms with E-state index in [1.165, 1.54) is 22.3 Å². The van der Waals surface area contributed by atoms with Crippen LogP contribution in [0.2, 0.25) is 0 Å². The largest absolute Gasteiger partial charge is 0.278 e. The maximum absolute atomic E-state index is 5.29. The van der Waals surface area contributed by atoms with Crippen LogP contribution in [-0.2, 0) is 0 Å². The SMILES string of the molecule is c1ccc(-c2ccc(-c3nc(-c4ccccc4)nc(-n4c5ccccc5c5c(-c6ccccc6-c6ccccc6)cc(-c6ccccc6)cc54)n3)cc2)cc1. The minimum Gasteiger partial charge on any atom is -0.278 e. The number of fused-ring (bicyclic) bond motifs is 3. The van der Waals surface area contributed by atoms with Crippen LogP contribution in [0.15, 0.2) is 206 Å². The van der Waals surface area contributed by atoms with Crippen LogP contribution in [-0.4, -0.2) is 19.5 Å². The molecule has 0 aliphatic rings. The summed E-state index contributed by atoms with van der Waals surface area (Å²) in [6, 6.07) is 72.3. The lowest BCUT2D eigenvalue weighted by atomic mass is 9.89. The van der Waals surface area contributed by atoms with Crippen molar-refractivity contribution in [1.29, 1.82) is 0 Å². The van der Waals surface area contributed by atoms with Crippen molar-refractivity contribution < 1.29 is 0 Å². The van der Waals surface area contributed by atoms with Crippen LogP contribution < -0.4 is 0 Å². The Balaban J connectivity index is 1.26. The van der Waals surface area contributed by atoms with E-state index in [-0.39, 0.29) is 0 Å². The number of aromatic nitrogens is 4. The Morgan fingerprint density at radius 1 is 0.291 bits per heavy atom. The zero-order valence-corrected chi connectivity index (χ0v) is 29.9. The van der Waals surface area contributed by atoms with Crippen molar-refractivity contribution >= 4 is 21.8 Å². The molecule has 0 unspecified atom stereocenters. The predicted octanol–water partition coefficient (Wildman–Crippen LogP) is 13.0. The van der Waals surface area contributed by atoms with Gasteiger partial charge in [0, 0.05) is 21.9 Å². The van der Waals surface area contributed by atoms with Crippen LogP contribution in [0.4, 0.5) is 0 Å². The summed E-state index contributed by atoms with van der Waals surface area (Å²) in [6.45, 7) is 0. The van der Waals surface area contributed by atoms with Gasteiger partial charge in [-0.1, -0.05) is 188 Å². The smallest absolute Gasteiger partial charge is 0.238 e. The highest BCUT2D eigenvalue weighted by molar-refractivity contribution is 6.17. The molecule has 0 atom stereocenters. The van der Waals surface area contributed by atoms with E-state index < -0.39 is 0 Å². The summed E-state index contributed by atoms with van der Waals surface area (Å²) in [6.07, 6.45) is 0. The molecule has 2 heterocycles. The van der Waals surface area contributed by atoms with Gasteiger partial charge < -0.3 is 0 Å². The minimum absolute atomic E-state index is 0.565. The van der Waals surface area contributed by atoms with Crippen LogP contribution in [0.25, 0.3) is 95.0 Å². The molecule has 8 aromatic carbocycles. The molecule has 0 aliphatic carbocycles. The molecule has 0 radical (unpaired) electrons. The Morgan fingerprint density at radius 3 is 1.38 bits per heavy atom. The van der Waals surface area contributed by atoms with Gasteiger partial charge in [-0.05, 0) is 62.7 Å². The lowest BCUT2D eigenvalue weighted by molar-refractivity contribution is 0.953. The molecule has 10 rings (SSSR count). The zero-order chi connectivity index (χ0) is 36.6. The zero-order valence-electron chi connectivity index (χ0n) is 29.9. The molecule has 0 bridgehead atoms. The summed E-state index contributed by atoms with van der Waals surface area (Å²) < 4.78 is 2.22. The Labute approximate surface area is 319 Å². The van der Waals surface area contributed by atoms with Gasteiger partial charge in [-0.15, -0.1) is 0 Å². The van der Waals surface area contributed by atoms with E-state index in [1.54, 1.807) is 0 Å². The Bertz CT molecular complexity index is 2940. The third kappa shape index (κ3) is 5.96. The highest BCUT2D eigenvalue weighted by atomic mass is 15.2. The number of rotatable bonds is 7. The van der Waals surface area contributed by atoms with Gasteiger partial charge in [0.05, 0.1) is 11.0 Å². The first-order chi connectivity index (χ1) is 27.3. The lowest BCUT2D eigenvalue weighted by Crippen LogP contribution is -2.06. The molecule has 10 aromatic rings. The number of nitrogens with zero attached hydrogens (tertiary/aromatic N) is 4. The third-order valence-electron chi connectivity index (χ3n) is 10.3. The summed E-state index contributed by atoms with van der Waals surface area (Å²) in [7, 11) is 0. The van der Waals surface area contributed by atoms with Crippen molar-refractivity contribution in [3.8, 4) is 73.2 Å². The Morgan fingerprint density at radius 2 is 0.745 bits per heavy atom. The molecule has 0 aliphatic heterocycles. The monoisotopic (exact) mass is 702 g/mol. The lowest BCUT2D eigenvalue weighted by Gasteiger charge is -2.15. The van der Waals surface area contributed by atoms with Crippen molar-refractivity contribution in [1.82, 2.24) is 19.5 Å². The van der Waals surface area contributed by atoms with Crippen LogP contribution in [0.5, 0.6) is 0 Å². The molecule has 0 fully saturated rings.